The van der Waals surface area contributed by atoms with Gasteiger partial charge in [-0.3, -0.25) is 9.59 Å². The highest BCUT2D eigenvalue weighted by atomic mass is 19.4. The van der Waals surface area contributed by atoms with Crippen molar-refractivity contribution in [1.29, 1.82) is 0 Å². The van der Waals surface area contributed by atoms with Gasteiger partial charge in [-0.25, -0.2) is 0 Å². The Labute approximate surface area is 125 Å². The number of alkyl halides is 3. The molecule has 1 unspecified atom stereocenters. The normalized spacial score (nSPS) is 12.6. The average molecular weight is 318 g/mol. The van der Waals surface area contributed by atoms with Crippen LogP contribution in [0.1, 0.15) is 18.9 Å². The number of amides is 2. The van der Waals surface area contributed by atoms with Crippen molar-refractivity contribution in [3.63, 3.8) is 0 Å². The molecule has 0 saturated heterocycles. The zero-order valence-corrected chi connectivity index (χ0v) is 11.9. The molecular formula is C14H17F3N2O3. The largest absolute Gasteiger partial charge is 0.393 e. The monoisotopic (exact) mass is 318 g/mol. The SMILES string of the molecule is CC(O)CCNC(=O)C(=O)Nc1ccccc1CC(F)(F)F. The fraction of sp³-hybridized carbons (Fsp3) is 0.429. The van der Waals surface area contributed by atoms with E-state index in [1.807, 2.05) is 0 Å². The number of carbonyl (C=O) groups is 2. The molecular weight excluding hydrogens is 301 g/mol. The number of rotatable bonds is 5. The molecule has 8 heteroatoms. The molecule has 0 aliphatic carbocycles. The Hall–Kier alpha value is -2.09. The van der Waals surface area contributed by atoms with Crippen LogP contribution in [0.2, 0.25) is 0 Å². The molecule has 1 rings (SSSR count). The number of para-hydroxylation sites is 1. The fourth-order valence-electron chi connectivity index (χ4n) is 1.67. The van der Waals surface area contributed by atoms with Crippen LogP contribution in [0.4, 0.5) is 18.9 Å². The first-order valence-electron chi connectivity index (χ1n) is 6.61. The lowest BCUT2D eigenvalue weighted by atomic mass is 10.1. The van der Waals surface area contributed by atoms with Gasteiger partial charge in [0.1, 0.15) is 0 Å². The molecule has 22 heavy (non-hydrogen) atoms. The zero-order chi connectivity index (χ0) is 16.8. The van der Waals surface area contributed by atoms with Crippen LogP contribution in [0.3, 0.4) is 0 Å². The lowest BCUT2D eigenvalue weighted by Crippen LogP contribution is -2.36. The Bertz CT molecular complexity index is 530. The molecule has 0 saturated carbocycles. The first-order valence-corrected chi connectivity index (χ1v) is 6.61. The summed E-state index contributed by atoms with van der Waals surface area (Å²) in [6, 6.07) is 5.40. The summed E-state index contributed by atoms with van der Waals surface area (Å²) in [6.45, 7) is 1.62. The number of aliphatic hydroxyl groups is 1. The summed E-state index contributed by atoms with van der Waals surface area (Å²) in [5, 5.41) is 13.5. The van der Waals surface area contributed by atoms with Gasteiger partial charge >= 0.3 is 18.0 Å². The number of anilines is 1. The summed E-state index contributed by atoms with van der Waals surface area (Å²) in [5.41, 5.74) is -0.185. The van der Waals surface area contributed by atoms with Crippen LogP contribution in [-0.4, -0.2) is 35.7 Å². The van der Waals surface area contributed by atoms with Crippen molar-refractivity contribution < 1.29 is 27.9 Å². The summed E-state index contributed by atoms with van der Waals surface area (Å²) in [5.74, 6) is -2.03. The first-order chi connectivity index (χ1) is 10.2. The van der Waals surface area contributed by atoms with Crippen molar-refractivity contribution in [3.05, 3.63) is 29.8 Å². The van der Waals surface area contributed by atoms with Crippen molar-refractivity contribution in [3.8, 4) is 0 Å². The number of halogens is 3. The predicted octanol–water partition coefficient (Wildman–Crippen LogP) is 1.62. The molecule has 1 aromatic carbocycles. The molecule has 1 aromatic rings. The molecule has 0 radical (unpaired) electrons. The second kappa shape index (κ2) is 7.79. The third-order valence-corrected chi connectivity index (χ3v) is 2.71. The minimum atomic E-state index is -4.42. The summed E-state index contributed by atoms with van der Waals surface area (Å²) < 4.78 is 37.3. The van der Waals surface area contributed by atoms with Gasteiger partial charge in [-0.05, 0) is 25.0 Å². The maximum Gasteiger partial charge on any atom is 0.393 e. The lowest BCUT2D eigenvalue weighted by molar-refractivity contribution is -0.136. The molecule has 0 aliphatic rings. The molecule has 0 spiro atoms. The van der Waals surface area contributed by atoms with Gasteiger partial charge in [-0.1, -0.05) is 18.2 Å². The molecule has 0 fully saturated rings. The number of carbonyl (C=O) groups excluding carboxylic acids is 2. The second-order valence-corrected chi connectivity index (χ2v) is 4.80. The van der Waals surface area contributed by atoms with Crippen molar-refractivity contribution in [2.24, 2.45) is 0 Å². The summed E-state index contributed by atoms with van der Waals surface area (Å²) in [6.07, 6.45) is -5.98. The van der Waals surface area contributed by atoms with Crippen LogP contribution in [0.5, 0.6) is 0 Å². The third kappa shape index (κ3) is 6.57. The zero-order valence-electron chi connectivity index (χ0n) is 11.9. The quantitative estimate of drug-likeness (QED) is 0.722. The van der Waals surface area contributed by atoms with Gasteiger partial charge in [-0.2, -0.15) is 13.2 Å². The van der Waals surface area contributed by atoms with Gasteiger partial charge < -0.3 is 15.7 Å². The molecule has 5 nitrogen and oxygen atoms in total. The van der Waals surface area contributed by atoms with Crippen molar-refractivity contribution in [2.45, 2.75) is 32.0 Å². The number of nitrogens with one attached hydrogen (secondary N) is 2. The number of aliphatic hydroxyl groups excluding tert-OH is 1. The Morgan fingerprint density at radius 1 is 1.23 bits per heavy atom. The van der Waals surface area contributed by atoms with E-state index in [2.05, 4.69) is 10.6 Å². The maximum atomic E-state index is 12.4. The van der Waals surface area contributed by atoms with E-state index in [-0.39, 0.29) is 24.2 Å². The van der Waals surface area contributed by atoms with Crippen molar-refractivity contribution in [2.75, 3.05) is 11.9 Å². The molecule has 122 valence electrons. The van der Waals surface area contributed by atoms with Crippen molar-refractivity contribution in [1.82, 2.24) is 5.32 Å². The molecule has 0 heterocycles. The van der Waals surface area contributed by atoms with E-state index in [4.69, 9.17) is 5.11 Å². The molecule has 3 N–H and O–H groups in total. The number of hydrogen-bond donors (Lipinski definition) is 3. The Balaban J connectivity index is 2.66. The van der Waals surface area contributed by atoms with E-state index in [0.717, 1.165) is 0 Å². The summed E-state index contributed by atoms with van der Waals surface area (Å²) >= 11 is 0. The van der Waals surface area contributed by atoms with E-state index >= 15 is 0 Å². The summed E-state index contributed by atoms with van der Waals surface area (Å²) in [4.78, 5) is 23.1. The fourth-order valence-corrected chi connectivity index (χ4v) is 1.67. The minimum Gasteiger partial charge on any atom is -0.393 e. The standard InChI is InChI=1S/C14H17F3N2O3/c1-9(20)6-7-18-12(21)13(22)19-11-5-3-2-4-10(11)8-14(15,16)17/h2-5,9,20H,6-8H2,1H3,(H,18,21)(H,19,22). The highest BCUT2D eigenvalue weighted by Crippen LogP contribution is 2.25. The van der Waals surface area contributed by atoms with Crippen LogP contribution in [0.15, 0.2) is 24.3 Å². The predicted molar refractivity (Wildman–Crippen MR) is 74.1 cm³/mol. The second-order valence-electron chi connectivity index (χ2n) is 4.80. The Morgan fingerprint density at radius 2 is 1.86 bits per heavy atom. The van der Waals surface area contributed by atoms with E-state index in [9.17, 15) is 22.8 Å². The first kappa shape index (κ1) is 18.0. The summed E-state index contributed by atoms with van der Waals surface area (Å²) in [7, 11) is 0. The van der Waals surface area contributed by atoms with Gasteiger partial charge in [0.05, 0.1) is 12.5 Å². The third-order valence-electron chi connectivity index (χ3n) is 2.71. The van der Waals surface area contributed by atoms with Crippen LogP contribution in [0, 0.1) is 0 Å². The van der Waals surface area contributed by atoms with Gasteiger partial charge in [-0.15, -0.1) is 0 Å². The lowest BCUT2D eigenvalue weighted by Gasteiger charge is -2.13. The average Bonchev–Trinajstić information content (AvgIpc) is 2.38. The van der Waals surface area contributed by atoms with Crippen LogP contribution in [0.25, 0.3) is 0 Å². The van der Waals surface area contributed by atoms with Crippen LogP contribution >= 0.6 is 0 Å². The molecule has 2 amide bonds. The van der Waals surface area contributed by atoms with Gasteiger partial charge in [0, 0.05) is 12.2 Å². The Kier molecular flexibility index (Phi) is 6.36. The van der Waals surface area contributed by atoms with Crippen molar-refractivity contribution >= 4 is 17.5 Å². The molecule has 0 aromatic heterocycles. The number of hydrogen-bond acceptors (Lipinski definition) is 3. The Morgan fingerprint density at radius 3 is 2.45 bits per heavy atom. The minimum absolute atomic E-state index is 0.0597. The van der Waals surface area contributed by atoms with Gasteiger partial charge in [0.25, 0.3) is 0 Å². The molecule has 0 aliphatic heterocycles. The van der Waals surface area contributed by atoms with E-state index in [0.29, 0.717) is 0 Å². The van der Waals surface area contributed by atoms with E-state index in [1.165, 1.54) is 31.2 Å². The van der Waals surface area contributed by atoms with E-state index in [1.54, 1.807) is 0 Å². The van der Waals surface area contributed by atoms with Gasteiger partial charge in [0.2, 0.25) is 0 Å². The van der Waals surface area contributed by atoms with Crippen LogP contribution < -0.4 is 10.6 Å². The van der Waals surface area contributed by atoms with Gasteiger partial charge in [0.15, 0.2) is 0 Å². The maximum absolute atomic E-state index is 12.4. The molecule has 1 atom stereocenters. The highest BCUT2D eigenvalue weighted by molar-refractivity contribution is 6.39. The van der Waals surface area contributed by atoms with E-state index < -0.39 is 30.5 Å². The topological polar surface area (TPSA) is 78.4 Å². The molecule has 0 bridgehead atoms. The van der Waals surface area contributed by atoms with Crippen LogP contribution in [-0.2, 0) is 16.0 Å². The smallest absolute Gasteiger partial charge is 0.393 e. The highest BCUT2D eigenvalue weighted by Gasteiger charge is 2.29. The number of benzene rings is 1.